The molecule has 0 unspecified atom stereocenters. The lowest BCUT2D eigenvalue weighted by atomic mass is 9.76. The summed E-state index contributed by atoms with van der Waals surface area (Å²) in [6.45, 7) is 27.9. The van der Waals surface area contributed by atoms with Crippen LogP contribution in [-0.2, 0) is 21.7 Å². The minimum atomic E-state index is -0.109. The molecular formula is C70H68. The van der Waals surface area contributed by atoms with E-state index in [-0.39, 0.29) is 21.7 Å². The summed E-state index contributed by atoms with van der Waals surface area (Å²) in [6.07, 6.45) is 0. The van der Waals surface area contributed by atoms with Crippen LogP contribution >= 0.6 is 0 Å². The number of rotatable bonds is 6. The van der Waals surface area contributed by atoms with Gasteiger partial charge in [-0.3, -0.25) is 0 Å². The zero-order valence-corrected chi connectivity index (χ0v) is 43.5. The maximum absolute atomic E-state index is 2.57. The fraction of sp³-hybridized carbons (Fsp3) is 0.229. The summed E-state index contributed by atoms with van der Waals surface area (Å²) in [4.78, 5) is 0. The maximum Gasteiger partial charge on any atom is -0.000764 e. The summed E-state index contributed by atoms with van der Waals surface area (Å²) in [5, 5.41) is 7.60. The highest BCUT2D eigenvalue weighted by Gasteiger charge is 2.27. The topological polar surface area (TPSA) is 0 Å². The van der Waals surface area contributed by atoms with Gasteiger partial charge in [-0.25, -0.2) is 0 Å². The molecule has 0 N–H and O–H groups in total. The Bertz CT molecular complexity index is 3520. The third-order valence-electron chi connectivity index (χ3n) is 14.7. The smallest absolute Gasteiger partial charge is 0.000764 e. The van der Waals surface area contributed by atoms with Crippen LogP contribution in [-0.4, -0.2) is 0 Å². The molecule has 0 nitrogen and oxygen atoms in total. The van der Waals surface area contributed by atoms with E-state index in [0.717, 1.165) is 0 Å². The number of hydrogen-bond donors (Lipinski definition) is 0. The number of benzene rings is 10. The van der Waals surface area contributed by atoms with E-state index < -0.39 is 0 Å². The highest BCUT2D eigenvalue weighted by atomic mass is 14.3. The van der Waals surface area contributed by atoms with Crippen LogP contribution in [0.1, 0.15) is 105 Å². The van der Waals surface area contributed by atoms with Gasteiger partial charge in [0.1, 0.15) is 0 Å². The van der Waals surface area contributed by atoms with E-state index in [1.54, 1.807) is 0 Å². The number of hydrogen-bond acceptors (Lipinski definition) is 0. The highest BCUT2D eigenvalue weighted by molar-refractivity contribution is 6.30. The van der Waals surface area contributed by atoms with Gasteiger partial charge in [0.2, 0.25) is 0 Å². The van der Waals surface area contributed by atoms with E-state index in [0.29, 0.717) is 0 Å². The minimum Gasteiger partial charge on any atom is -0.0622 e. The first-order valence-corrected chi connectivity index (χ1v) is 25.3. The summed E-state index contributed by atoms with van der Waals surface area (Å²) in [5.74, 6) is 0. The molecule has 10 aromatic carbocycles. The summed E-state index contributed by atoms with van der Waals surface area (Å²) < 4.78 is 0. The van der Waals surface area contributed by atoms with Gasteiger partial charge in [-0.15, -0.1) is 0 Å². The van der Waals surface area contributed by atoms with Crippen molar-refractivity contribution in [3.05, 3.63) is 216 Å². The van der Waals surface area contributed by atoms with Gasteiger partial charge in [0.15, 0.2) is 0 Å². The summed E-state index contributed by atoms with van der Waals surface area (Å²) in [6, 6.07) is 74.1. The second-order valence-electron chi connectivity index (χ2n) is 23.8. The molecule has 0 saturated heterocycles. The van der Waals surface area contributed by atoms with Crippen molar-refractivity contribution in [3.8, 4) is 66.8 Å². The fourth-order valence-electron chi connectivity index (χ4n) is 10.5. The fourth-order valence-corrected chi connectivity index (χ4v) is 10.5. The van der Waals surface area contributed by atoms with Gasteiger partial charge < -0.3 is 0 Å². The average molecular weight is 909 g/mol. The first kappa shape index (κ1) is 46.7. The van der Waals surface area contributed by atoms with Crippen molar-refractivity contribution in [2.45, 2.75) is 105 Å². The molecule has 0 aliphatic rings. The van der Waals surface area contributed by atoms with Crippen molar-refractivity contribution in [2.24, 2.45) is 0 Å². The Labute approximate surface area is 418 Å². The van der Waals surface area contributed by atoms with E-state index in [9.17, 15) is 0 Å². The van der Waals surface area contributed by atoms with Crippen molar-refractivity contribution >= 4 is 32.3 Å². The summed E-state index contributed by atoms with van der Waals surface area (Å²) in [5.41, 5.74) is 20.0. The maximum atomic E-state index is 2.57. The molecule has 10 rings (SSSR count). The predicted molar refractivity (Wildman–Crippen MR) is 306 cm³/mol. The molecule has 0 atom stereocenters. The molecule has 0 aliphatic carbocycles. The molecule has 0 amide bonds. The van der Waals surface area contributed by atoms with Crippen LogP contribution in [0.15, 0.2) is 194 Å². The standard InChI is InChI=1S/C70H68/c1-67(2,3)53-35-31-49(32-36-53)58-42-56(70(10,11)12)43-61-59(58)44-62-63(50-27-23-47(24-28-50)45-19-15-13-16-20-45)60-41-55(69(7,8)9)39-40-57(60)64(52-33-37-54(38-34-52)68(4,5)6)66(62)65(61)51-29-25-48(26-30-51)46-21-17-14-18-22-46/h13-44H,1-12H3. The Morgan fingerprint density at radius 1 is 0.214 bits per heavy atom. The van der Waals surface area contributed by atoms with Crippen LogP contribution in [0.5, 0.6) is 0 Å². The Hall–Kier alpha value is -7.02. The third kappa shape index (κ3) is 8.79. The first-order valence-electron chi connectivity index (χ1n) is 25.3. The molecule has 10 aromatic rings. The lowest BCUT2D eigenvalue weighted by molar-refractivity contribution is 0.590. The Balaban J connectivity index is 1.43. The van der Waals surface area contributed by atoms with Crippen molar-refractivity contribution < 1.29 is 0 Å². The van der Waals surface area contributed by atoms with Gasteiger partial charge in [-0.05, 0) is 167 Å². The van der Waals surface area contributed by atoms with Crippen molar-refractivity contribution in [1.82, 2.24) is 0 Å². The molecule has 0 aliphatic heterocycles. The molecule has 0 heteroatoms. The second-order valence-corrected chi connectivity index (χ2v) is 23.8. The van der Waals surface area contributed by atoms with Gasteiger partial charge in [0, 0.05) is 0 Å². The van der Waals surface area contributed by atoms with E-state index in [1.165, 1.54) is 121 Å². The van der Waals surface area contributed by atoms with Crippen molar-refractivity contribution in [3.63, 3.8) is 0 Å². The van der Waals surface area contributed by atoms with Gasteiger partial charge in [-0.1, -0.05) is 253 Å². The summed E-state index contributed by atoms with van der Waals surface area (Å²) >= 11 is 0. The van der Waals surface area contributed by atoms with Gasteiger partial charge in [0.05, 0.1) is 0 Å². The molecule has 0 radical (unpaired) electrons. The van der Waals surface area contributed by atoms with Gasteiger partial charge in [-0.2, -0.15) is 0 Å². The minimum absolute atomic E-state index is 0.0206. The van der Waals surface area contributed by atoms with E-state index in [2.05, 4.69) is 277 Å². The number of fused-ring (bicyclic) bond motifs is 3. The van der Waals surface area contributed by atoms with E-state index in [1.807, 2.05) is 0 Å². The van der Waals surface area contributed by atoms with Crippen molar-refractivity contribution in [1.29, 1.82) is 0 Å². The zero-order valence-electron chi connectivity index (χ0n) is 43.5. The Morgan fingerprint density at radius 2 is 0.557 bits per heavy atom. The van der Waals surface area contributed by atoms with Crippen LogP contribution in [0.4, 0.5) is 0 Å². The van der Waals surface area contributed by atoms with Crippen LogP contribution in [0.2, 0.25) is 0 Å². The van der Waals surface area contributed by atoms with E-state index >= 15 is 0 Å². The SMILES string of the molecule is CC(C)(C)c1ccc(-c2cc(C(C)(C)C)cc3c(-c4ccc(-c5ccccc5)cc4)c4c(-c5ccc(C(C)(C)C)cc5)c5ccc(C(C)(C)C)cc5c(-c5ccc(-c6ccccc6)cc5)c4cc23)cc1. The predicted octanol–water partition coefficient (Wildman–Crippen LogP) is 20.3. The Morgan fingerprint density at radius 3 is 1.01 bits per heavy atom. The molecule has 0 saturated carbocycles. The van der Waals surface area contributed by atoms with Crippen LogP contribution in [0.25, 0.3) is 99.1 Å². The first-order chi connectivity index (χ1) is 33.2. The third-order valence-corrected chi connectivity index (χ3v) is 14.7. The molecule has 348 valence electrons. The molecular weight excluding hydrogens is 841 g/mol. The van der Waals surface area contributed by atoms with Crippen LogP contribution in [0.3, 0.4) is 0 Å². The lowest BCUT2D eigenvalue weighted by Gasteiger charge is -2.27. The second kappa shape index (κ2) is 17.4. The van der Waals surface area contributed by atoms with Crippen molar-refractivity contribution in [2.75, 3.05) is 0 Å². The van der Waals surface area contributed by atoms with Gasteiger partial charge in [0.25, 0.3) is 0 Å². The Kier molecular flexibility index (Phi) is 11.6. The molecule has 70 heavy (non-hydrogen) atoms. The average Bonchev–Trinajstić information content (AvgIpc) is 3.34. The monoisotopic (exact) mass is 909 g/mol. The van der Waals surface area contributed by atoms with Crippen LogP contribution < -0.4 is 0 Å². The molecule has 0 aromatic heterocycles. The highest BCUT2D eigenvalue weighted by Crippen LogP contribution is 2.52. The molecule has 0 heterocycles. The molecule has 0 bridgehead atoms. The molecule has 0 fully saturated rings. The normalized spacial score (nSPS) is 12.6. The quantitative estimate of drug-likeness (QED) is 0.146. The van der Waals surface area contributed by atoms with E-state index in [4.69, 9.17) is 0 Å². The lowest BCUT2D eigenvalue weighted by Crippen LogP contribution is -2.12. The summed E-state index contributed by atoms with van der Waals surface area (Å²) in [7, 11) is 0. The largest absolute Gasteiger partial charge is 0.0622 e. The zero-order chi connectivity index (χ0) is 49.3. The molecule has 0 spiro atoms. The van der Waals surface area contributed by atoms with Gasteiger partial charge >= 0.3 is 0 Å². The van der Waals surface area contributed by atoms with Crippen LogP contribution in [0, 0.1) is 0 Å².